The van der Waals surface area contributed by atoms with Gasteiger partial charge in [0.1, 0.15) is 5.82 Å². The number of fused-ring (bicyclic) bond motifs is 6. The third-order valence-electron chi connectivity index (χ3n) is 5.73. The van der Waals surface area contributed by atoms with E-state index in [1.165, 1.54) is 25.0 Å². The van der Waals surface area contributed by atoms with E-state index in [9.17, 15) is 4.39 Å². The van der Waals surface area contributed by atoms with Crippen LogP contribution in [0.3, 0.4) is 0 Å². The van der Waals surface area contributed by atoms with Crippen molar-refractivity contribution in [3.63, 3.8) is 0 Å². The monoisotopic (exact) mass is 256 g/mol. The molecule has 19 heavy (non-hydrogen) atoms. The van der Waals surface area contributed by atoms with Gasteiger partial charge in [0, 0.05) is 17.4 Å². The number of halogens is 1. The molecule has 2 aliphatic rings. The highest BCUT2D eigenvalue weighted by Crippen LogP contribution is 2.66. The number of rotatable bonds is 0. The third kappa shape index (κ3) is 1.17. The van der Waals surface area contributed by atoms with Gasteiger partial charge < -0.3 is 0 Å². The first kappa shape index (κ1) is 11.3. The second-order valence-electron chi connectivity index (χ2n) is 6.74. The topological polar surface area (TPSA) is 25.8 Å². The third-order valence-corrected chi connectivity index (χ3v) is 5.73. The quantitative estimate of drug-likeness (QED) is 0.713. The van der Waals surface area contributed by atoms with Crippen molar-refractivity contribution in [3.05, 3.63) is 35.4 Å². The van der Waals surface area contributed by atoms with Gasteiger partial charge in [0.25, 0.3) is 0 Å². The number of hydrogen-bond donors (Lipinski definition) is 0. The minimum Gasteiger partial charge on any atom is -0.249 e. The van der Waals surface area contributed by atoms with Crippen LogP contribution in [0.25, 0.3) is 11.0 Å². The molecule has 0 aliphatic heterocycles. The maximum absolute atomic E-state index is 13.3. The minimum absolute atomic E-state index is 0.114. The number of aromatic nitrogens is 2. The molecule has 98 valence electrons. The standard InChI is InChI=1S/C16H17FN2/c1-15(2)10-6-7-16(15,3)14-13(10)18-12-8-9(17)4-5-11(12)19-14/h4-5,8,10H,6-7H2,1-3H3. The van der Waals surface area contributed by atoms with Gasteiger partial charge in [-0.1, -0.05) is 20.8 Å². The molecule has 1 aromatic heterocycles. The Morgan fingerprint density at radius 2 is 1.95 bits per heavy atom. The lowest BCUT2D eigenvalue weighted by atomic mass is 9.70. The highest BCUT2D eigenvalue weighted by molar-refractivity contribution is 5.75. The lowest BCUT2D eigenvalue weighted by molar-refractivity contribution is 0.227. The molecule has 0 spiro atoms. The second kappa shape index (κ2) is 3.14. The van der Waals surface area contributed by atoms with Gasteiger partial charge in [0.15, 0.2) is 0 Å². The van der Waals surface area contributed by atoms with Crippen LogP contribution < -0.4 is 0 Å². The normalized spacial score (nSPS) is 30.8. The van der Waals surface area contributed by atoms with E-state index >= 15 is 0 Å². The molecule has 2 nitrogen and oxygen atoms in total. The van der Waals surface area contributed by atoms with E-state index in [2.05, 4.69) is 20.8 Å². The minimum atomic E-state index is -0.240. The van der Waals surface area contributed by atoms with Crippen molar-refractivity contribution in [1.82, 2.24) is 9.97 Å². The highest BCUT2D eigenvalue weighted by Gasteiger charge is 2.61. The smallest absolute Gasteiger partial charge is 0.125 e. The van der Waals surface area contributed by atoms with E-state index in [-0.39, 0.29) is 16.6 Å². The number of benzene rings is 1. The summed E-state index contributed by atoms with van der Waals surface area (Å²) in [6.45, 7) is 6.95. The second-order valence-corrected chi connectivity index (χ2v) is 6.74. The lowest BCUT2D eigenvalue weighted by Gasteiger charge is -2.34. The van der Waals surface area contributed by atoms with Crippen LogP contribution in [-0.4, -0.2) is 9.97 Å². The number of nitrogens with zero attached hydrogens (tertiary/aromatic N) is 2. The zero-order valence-corrected chi connectivity index (χ0v) is 11.5. The first-order chi connectivity index (χ1) is 8.93. The van der Waals surface area contributed by atoms with Crippen LogP contribution in [-0.2, 0) is 5.41 Å². The Morgan fingerprint density at radius 3 is 2.74 bits per heavy atom. The summed E-state index contributed by atoms with van der Waals surface area (Å²) < 4.78 is 13.3. The van der Waals surface area contributed by atoms with Crippen molar-refractivity contribution < 1.29 is 4.39 Å². The fraction of sp³-hybridized carbons (Fsp3) is 0.500. The van der Waals surface area contributed by atoms with Crippen LogP contribution in [0.5, 0.6) is 0 Å². The van der Waals surface area contributed by atoms with E-state index in [1.54, 1.807) is 6.07 Å². The van der Waals surface area contributed by atoms with Gasteiger partial charge in [-0.2, -0.15) is 0 Å². The summed E-state index contributed by atoms with van der Waals surface area (Å²) in [5.74, 6) is 0.225. The summed E-state index contributed by atoms with van der Waals surface area (Å²) in [4.78, 5) is 9.56. The fourth-order valence-electron chi connectivity index (χ4n) is 4.09. The molecule has 0 radical (unpaired) electrons. The molecule has 1 aromatic carbocycles. The summed E-state index contributed by atoms with van der Waals surface area (Å²) >= 11 is 0. The Balaban J connectivity index is 2.06. The largest absolute Gasteiger partial charge is 0.249 e. The number of hydrogen-bond acceptors (Lipinski definition) is 2. The van der Waals surface area contributed by atoms with Gasteiger partial charge in [-0.3, -0.25) is 0 Å². The van der Waals surface area contributed by atoms with E-state index < -0.39 is 0 Å². The predicted molar refractivity (Wildman–Crippen MR) is 72.6 cm³/mol. The summed E-state index contributed by atoms with van der Waals surface area (Å²) in [5.41, 5.74) is 4.06. The van der Waals surface area contributed by atoms with E-state index in [0.717, 1.165) is 16.9 Å². The van der Waals surface area contributed by atoms with Crippen molar-refractivity contribution in [2.45, 2.75) is 44.9 Å². The molecule has 1 fully saturated rings. The predicted octanol–water partition coefficient (Wildman–Crippen LogP) is 3.94. The molecule has 2 aliphatic carbocycles. The molecule has 2 bridgehead atoms. The average molecular weight is 256 g/mol. The maximum Gasteiger partial charge on any atom is 0.125 e. The van der Waals surface area contributed by atoms with E-state index in [1.807, 2.05) is 0 Å². The van der Waals surface area contributed by atoms with Gasteiger partial charge in [0.05, 0.1) is 22.4 Å². The molecule has 1 heterocycles. The van der Waals surface area contributed by atoms with Crippen LogP contribution in [0.1, 0.15) is 50.9 Å². The molecule has 2 aromatic rings. The zero-order valence-electron chi connectivity index (χ0n) is 11.5. The summed E-state index contributed by atoms with van der Waals surface area (Å²) in [6.07, 6.45) is 2.35. The lowest BCUT2D eigenvalue weighted by Crippen LogP contribution is -2.31. The molecule has 2 unspecified atom stereocenters. The summed E-state index contributed by atoms with van der Waals surface area (Å²) in [7, 11) is 0. The Kier molecular flexibility index (Phi) is 1.87. The van der Waals surface area contributed by atoms with Crippen LogP contribution in [0.15, 0.2) is 18.2 Å². The molecule has 2 atom stereocenters. The van der Waals surface area contributed by atoms with E-state index in [0.29, 0.717) is 11.4 Å². The highest BCUT2D eigenvalue weighted by atomic mass is 19.1. The molecule has 0 N–H and O–H groups in total. The summed E-state index contributed by atoms with van der Waals surface area (Å²) in [5, 5.41) is 0. The molecular formula is C16H17FN2. The van der Waals surface area contributed by atoms with Crippen LogP contribution in [0, 0.1) is 11.2 Å². The fourth-order valence-corrected chi connectivity index (χ4v) is 4.09. The average Bonchev–Trinajstić information content (AvgIpc) is 2.67. The molecule has 3 heteroatoms. The van der Waals surface area contributed by atoms with Crippen molar-refractivity contribution >= 4 is 11.0 Å². The Labute approximate surface area is 112 Å². The van der Waals surface area contributed by atoms with E-state index in [4.69, 9.17) is 9.97 Å². The molecule has 4 rings (SSSR count). The van der Waals surface area contributed by atoms with Gasteiger partial charge >= 0.3 is 0 Å². The van der Waals surface area contributed by atoms with Crippen molar-refractivity contribution in [1.29, 1.82) is 0 Å². The molecule has 0 amide bonds. The summed E-state index contributed by atoms with van der Waals surface area (Å²) in [6, 6.07) is 4.69. The molecule has 0 saturated heterocycles. The first-order valence-corrected chi connectivity index (χ1v) is 6.91. The Hall–Kier alpha value is -1.51. The van der Waals surface area contributed by atoms with Crippen molar-refractivity contribution in [3.8, 4) is 0 Å². The van der Waals surface area contributed by atoms with Crippen LogP contribution in [0.2, 0.25) is 0 Å². The van der Waals surface area contributed by atoms with Crippen LogP contribution in [0.4, 0.5) is 4.39 Å². The van der Waals surface area contributed by atoms with Crippen LogP contribution >= 0.6 is 0 Å². The molecular weight excluding hydrogens is 239 g/mol. The van der Waals surface area contributed by atoms with Gasteiger partial charge in [-0.05, 0) is 30.4 Å². The maximum atomic E-state index is 13.3. The SMILES string of the molecule is CC12CCC(c3nc4cc(F)ccc4nc31)C2(C)C. The zero-order chi connectivity index (χ0) is 13.4. The molecule has 1 saturated carbocycles. The van der Waals surface area contributed by atoms with Crippen molar-refractivity contribution in [2.75, 3.05) is 0 Å². The van der Waals surface area contributed by atoms with Crippen molar-refractivity contribution in [2.24, 2.45) is 5.41 Å². The first-order valence-electron chi connectivity index (χ1n) is 6.91. The van der Waals surface area contributed by atoms with Gasteiger partial charge in [0.2, 0.25) is 0 Å². The van der Waals surface area contributed by atoms with Gasteiger partial charge in [-0.15, -0.1) is 0 Å². The Bertz CT molecular complexity index is 707. The Morgan fingerprint density at radius 1 is 1.16 bits per heavy atom. The van der Waals surface area contributed by atoms with Gasteiger partial charge in [-0.25, -0.2) is 14.4 Å².